The van der Waals surface area contributed by atoms with E-state index < -0.39 is 0 Å². The number of allylic oxidation sites excluding steroid dienone is 1. The number of para-hydroxylation sites is 3. The number of carbonyl (C=O) groups excluding carboxylic acids is 1. The van der Waals surface area contributed by atoms with Gasteiger partial charge in [-0.15, -0.1) is 6.58 Å². The molecule has 4 rings (SSSR count). The minimum atomic E-state index is 0.113. The van der Waals surface area contributed by atoms with E-state index in [0.29, 0.717) is 12.3 Å². The molecule has 2 heterocycles. The number of nitrogens with one attached hydrogen (secondary N) is 1. The molecule has 0 radical (unpaired) electrons. The van der Waals surface area contributed by atoms with E-state index in [0.717, 1.165) is 38.4 Å². The summed E-state index contributed by atoms with van der Waals surface area (Å²) in [5.74, 6) is 0.463. The molecule has 4 aromatic rings. The van der Waals surface area contributed by atoms with Crippen LogP contribution < -0.4 is 0 Å². The summed E-state index contributed by atoms with van der Waals surface area (Å²) in [6, 6.07) is 15.9. The molecule has 0 fully saturated rings. The number of ketones is 1. The lowest BCUT2D eigenvalue weighted by Gasteiger charge is -2.06. The number of aromatic nitrogens is 3. The van der Waals surface area contributed by atoms with Gasteiger partial charge < -0.3 is 9.55 Å². The molecule has 1 N–H and O–H groups in total. The van der Waals surface area contributed by atoms with Crippen LogP contribution in [0.1, 0.15) is 16.1 Å². The van der Waals surface area contributed by atoms with E-state index in [-0.39, 0.29) is 5.78 Å². The van der Waals surface area contributed by atoms with Gasteiger partial charge in [-0.3, -0.25) is 4.79 Å². The van der Waals surface area contributed by atoms with E-state index in [1.165, 1.54) is 11.8 Å². The maximum Gasteiger partial charge on any atom is 0.175 e. The molecule has 0 saturated heterocycles. The van der Waals surface area contributed by atoms with Crippen molar-refractivity contribution in [2.75, 3.05) is 5.75 Å². The zero-order chi connectivity index (χ0) is 18.1. The maximum absolute atomic E-state index is 12.9. The van der Waals surface area contributed by atoms with Crippen LogP contribution in [0.25, 0.3) is 21.9 Å². The van der Waals surface area contributed by atoms with Gasteiger partial charge in [0.2, 0.25) is 0 Å². The lowest BCUT2D eigenvalue weighted by molar-refractivity contribution is 0.102. The minimum Gasteiger partial charge on any atom is -0.358 e. The van der Waals surface area contributed by atoms with Gasteiger partial charge in [-0.25, -0.2) is 4.98 Å². The second kappa shape index (κ2) is 6.84. The molecule has 0 aliphatic carbocycles. The normalized spacial score (nSPS) is 11.3. The first kappa shape index (κ1) is 16.7. The highest BCUT2D eigenvalue weighted by Gasteiger charge is 2.18. The van der Waals surface area contributed by atoms with Crippen LogP contribution in [0.5, 0.6) is 0 Å². The highest BCUT2D eigenvalue weighted by atomic mass is 32.2. The fourth-order valence-electron chi connectivity index (χ4n) is 3.31. The molecule has 130 valence electrons. The van der Waals surface area contributed by atoms with Gasteiger partial charge in [-0.1, -0.05) is 48.2 Å². The summed E-state index contributed by atoms with van der Waals surface area (Å²) in [7, 11) is 0. The van der Waals surface area contributed by atoms with E-state index in [1.807, 2.05) is 61.5 Å². The van der Waals surface area contributed by atoms with Gasteiger partial charge in [0.05, 0.1) is 16.8 Å². The molecule has 0 bridgehead atoms. The summed E-state index contributed by atoms with van der Waals surface area (Å²) in [4.78, 5) is 20.9. The van der Waals surface area contributed by atoms with Gasteiger partial charge in [0.15, 0.2) is 10.9 Å². The number of benzene rings is 2. The molecule has 0 saturated carbocycles. The molecule has 0 spiro atoms. The van der Waals surface area contributed by atoms with Crippen molar-refractivity contribution in [3.8, 4) is 0 Å². The first-order valence-electron chi connectivity index (χ1n) is 8.48. The number of hydrogen-bond donors (Lipinski definition) is 1. The fourth-order valence-corrected chi connectivity index (χ4v) is 4.20. The number of Topliss-reactive ketones (excluding diaryl/α,β-unsaturated/α-hetero) is 1. The quantitative estimate of drug-likeness (QED) is 0.299. The molecule has 0 aliphatic rings. The molecule has 2 aromatic carbocycles. The number of carbonyl (C=O) groups is 1. The number of aryl methyl sites for hydroxylation is 1. The lowest BCUT2D eigenvalue weighted by atomic mass is 10.1. The van der Waals surface area contributed by atoms with Crippen LogP contribution in [-0.4, -0.2) is 26.1 Å². The van der Waals surface area contributed by atoms with Gasteiger partial charge >= 0.3 is 0 Å². The van der Waals surface area contributed by atoms with Crippen molar-refractivity contribution in [3.63, 3.8) is 0 Å². The second-order valence-corrected chi connectivity index (χ2v) is 7.11. The van der Waals surface area contributed by atoms with Crippen molar-refractivity contribution in [1.82, 2.24) is 14.5 Å². The van der Waals surface area contributed by atoms with Crippen molar-refractivity contribution in [3.05, 3.63) is 72.4 Å². The van der Waals surface area contributed by atoms with Crippen LogP contribution in [0.4, 0.5) is 0 Å². The summed E-state index contributed by atoms with van der Waals surface area (Å²) in [5.41, 5.74) is 4.69. The van der Waals surface area contributed by atoms with Gasteiger partial charge in [0.1, 0.15) is 0 Å². The Morgan fingerprint density at radius 3 is 2.85 bits per heavy atom. The second-order valence-electron chi connectivity index (χ2n) is 6.16. The van der Waals surface area contributed by atoms with Crippen molar-refractivity contribution in [1.29, 1.82) is 0 Å². The van der Waals surface area contributed by atoms with E-state index in [2.05, 4.69) is 21.1 Å². The average molecular weight is 361 g/mol. The highest BCUT2D eigenvalue weighted by molar-refractivity contribution is 7.99. The number of nitrogens with zero attached hydrogens (tertiary/aromatic N) is 2. The van der Waals surface area contributed by atoms with Crippen LogP contribution in [-0.2, 0) is 6.54 Å². The van der Waals surface area contributed by atoms with Crippen molar-refractivity contribution >= 4 is 39.5 Å². The SMILES string of the molecule is C=CCn1c(SCC(=O)c2c(C)[nH]c3ccccc23)nc2ccccc21. The minimum absolute atomic E-state index is 0.113. The molecular formula is C21H19N3OS. The number of hydrogen-bond acceptors (Lipinski definition) is 3. The predicted octanol–water partition coefficient (Wildman–Crippen LogP) is 4.99. The van der Waals surface area contributed by atoms with Crippen molar-refractivity contribution in [2.24, 2.45) is 0 Å². The van der Waals surface area contributed by atoms with Crippen LogP contribution in [0.15, 0.2) is 66.3 Å². The van der Waals surface area contributed by atoms with E-state index in [4.69, 9.17) is 0 Å². The molecule has 0 atom stereocenters. The van der Waals surface area contributed by atoms with Gasteiger partial charge in [-0.05, 0) is 25.1 Å². The Hall–Kier alpha value is -2.79. The molecular weight excluding hydrogens is 342 g/mol. The lowest BCUT2D eigenvalue weighted by Crippen LogP contribution is -2.05. The number of imidazole rings is 1. The summed E-state index contributed by atoms with van der Waals surface area (Å²) in [5, 5.41) is 1.83. The Morgan fingerprint density at radius 2 is 2.00 bits per heavy atom. The first-order chi connectivity index (χ1) is 12.7. The summed E-state index contributed by atoms with van der Waals surface area (Å²) >= 11 is 1.48. The zero-order valence-corrected chi connectivity index (χ0v) is 15.3. The number of H-pyrrole nitrogens is 1. The molecule has 2 aromatic heterocycles. The summed E-state index contributed by atoms with van der Waals surface area (Å²) in [6.07, 6.45) is 1.85. The zero-order valence-electron chi connectivity index (χ0n) is 14.5. The maximum atomic E-state index is 12.9. The van der Waals surface area contributed by atoms with E-state index in [9.17, 15) is 4.79 Å². The Kier molecular flexibility index (Phi) is 4.39. The van der Waals surface area contributed by atoms with Crippen molar-refractivity contribution in [2.45, 2.75) is 18.6 Å². The third-order valence-electron chi connectivity index (χ3n) is 4.44. The fraction of sp³-hybridized carbons (Fsp3) is 0.143. The van der Waals surface area contributed by atoms with Gasteiger partial charge in [0, 0.05) is 28.7 Å². The van der Waals surface area contributed by atoms with Gasteiger partial charge in [-0.2, -0.15) is 0 Å². The third kappa shape index (κ3) is 2.84. The first-order valence-corrected chi connectivity index (χ1v) is 9.47. The van der Waals surface area contributed by atoms with Crippen LogP contribution >= 0.6 is 11.8 Å². The van der Waals surface area contributed by atoms with Crippen LogP contribution in [0, 0.1) is 6.92 Å². The number of aromatic amines is 1. The molecule has 0 unspecified atom stereocenters. The predicted molar refractivity (Wildman–Crippen MR) is 108 cm³/mol. The Morgan fingerprint density at radius 1 is 1.23 bits per heavy atom. The highest BCUT2D eigenvalue weighted by Crippen LogP contribution is 2.27. The summed E-state index contributed by atoms with van der Waals surface area (Å²) < 4.78 is 2.10. The molecule has 4 nitrogen and oxygen atoms in total. The molecule has 0 aliphatic heterocycles. The van der Waals surface area contributed by atoms with Gasteiger partial charge in [0.25, 0.3) is 0 Å². The summed E-state index contributed by atoms with van der Waals surface area (Å²) in [6.45, 7) is 6.46. The van der Waals surface area contributed by atoms with Crippen LogP contribution in [0.3, 0.4) is 0 Å². The Balaban J connectivity index is 1.63. The van der Waals surface area contributed by atoms with E-state index in [1.54, 1.807) is 0 Å². The molecule has 5 heteroatoms. The Labute approximate surface area is 155 Å². The van der Waals surface area contributed by atoms with Crippen LogP contribution in [0.2, 0.25) is 0 Å². The molecule has 26 heavy (non-hydrogen) atoms. The number of thioether (sulfide) groups is 1. The average Bonchev–Trinajstić information content (AvgIpc) is 3.17. The Bertz CT molecular complexity index is 1120. The van der Waals surface area contributed by atoms with Crippen molar-refractivity contribution < 1.29 is 4.79 Å². The smallest absolute Gasteiger partial charge is 0.175 e. The molecule has 0 amide bonds. The van der Waals surface area contributed by atoms with E-state index >= 15 is 0 Å². The third-order valence-corrected chi connectivity index (χ3v) is 5.41. The standard InChI is InChI=1S/C21H19N3OS/c1-3-12-24-18-11-7-6-10-17(18)23-21(24)26-13-19(25)20-14(2)22-16-9-5-4-8-15(16)20/h3-11,22H,1,12-13H2,2H3. The number of rotatable bonds is 6. The monoisotopic (exact) mass is 361 g/mol. The topological polar surface area (TPSA) is 50.7 Å². The largest absolute Gasteiger partial charge is 0.358 e. The number of fused-ring (bicyclic) bond motifs is 2.